The van der Waals surface area contributed by atoms with Gasteiger partial charge in [0.2, 0.25) is 0 Å². The molecule has 0 bridgehead atoms. The number of para-hydroxylation sites is 2. The first-order valence-corrected chi connectivity index (χ1v) is 11.8. The third-order valence-corrected chi connectivity index (χ3v) is 6.09. The lowest BCUT2D eigenvalue weighted by molar-refractivity contribution is -0.132. The zero-order chi connectivity index (χ0) is 24.9. The smallest absolute Gasteiger partial charge is 0.300 e. The first-order valence-electron chi connectivity index (χ1n) is 11.8. The maximum absolute atomic E-state index is 13.2. The molecule has 1 amide bonds. The molecule has 2 N–H and O–H groups in total. The average molecular weight is 472 g/mol. The summed E-state index contributed by atoms with van der Waals surface area (Å²) in [5.41, 5.74) is 2.18. The van der Waals surface area contributed by atoms with Crippen molar-refractivity contribution in [2.45, 2.75) is 39.2 Å². The minimum absolute atomic E-state index is 0.0273. The van der Waals surface area contributed by atoms with Crippen molar-refractivity contribution in [3.8, 4) is 11.5 Å². The number of unbranched alkanes of at least 4 members (excludes halogenated alkanes) is 2. The van der Waals surface area contributed by atoms with E-state index < -0.39 is 17.7 Å². The molecule has 6 heteroatoms. The van der Waals surface area contributed by atoms with Gasteiger partial charge in [0.05, 0.1) is 23.9 Å². The molecule has 3 aromatic rings. The van der Waals surface area contributed by atoms with Gasteiger partial charge in [-0.05, 0) is 55.3 Å². The van der Waals surface area contributed by atoms with Gasteiger partial charge in [0.1, 0.15) is 17.3 Å². The van der Waals surface area contributed by atoms with Gasteiger partial charge < -0.3 is 14.9 Å². The van der Waals surface area contributed by atoms with Crippen LogP contribution >= 0.6 is 0 Å². The zero-order valence-electron chi connectivity index (χ0n) is 19.9. The number of ether oxygens (including phenoxy) is 1. The molecule has 1 saturated heterocycles. The van der Waals surface area contributed by atoms with E-state index in [2.05, 4.69) is 6.92 Å². The van der Waals surface area contributed by atoms with E-state index in [0.717, 1.165) is 24.8 Å². The number of benzene rings is 3. The Bertz CT molecular complexity index is 1260. The molecule has 1 unspecified atom stereocenters. The number of aromatic hydroxyl groups is 1. The van der Waals surface area contributed by atoms with Crippen LogP contribution < -0.4 is 9.64 Å². The summed E-state index contributed by atoms with van der Waals surface area (Å²) in [7, 11) is 0. The van der Waals surface area contributed by atoms with Crippen molar-refractivity contribution in [3.63, 3.8) is 0 Å². The summed E-state index contributed by atoms with van der Waals surface area (Å²) in [6.07, 6.45) is 3.16. The lowest BCUT2D eigenvalue weighted by Crippen LogP contribution is -2.29. The lowest BCUT2D eigenvalue weighted by atomic mass is 9.94. The van der Waals surface area contributed by atoms with Crippen molar-refractivity contribution in [1.29, 1.82) is 0 Å². The second kappa shape index (κ2) is 10.5. The summed E-state index contributed by atoms with van der Waals surface area (Å²) < 4.78 is 5.74. The summed E-state index contributed by atoms with van der Waals surface area (Å²) in [6, 6.07) is 19.7. The van der Waals surface area contributed by atoms with Crippen LogP contribution in [-0.2, 0) is 9.59 Å². The van der Waals surface area contributed by atoms with Crippen LogP contribution in [0.25, 0.3) is 5.76 Å². The zero-order valence-corrected chi connectivity index (χ0v) is 19.9. The Labute approximate surface area is 205 Å². The molecule has 180 valence electrons. The van der Waals surface area contributed by atoms with E-state index >= 15 is 0 Å². The monoisotopic (exact) mass is 471 g/mol. The SMILES string of the molecule is CCCCCOc1ccc(/C(O)=C2/C(=O)C(=O)N(c3ccccc3O)C2c2cccc(C)c2)cc1. The number of aliphatic hydroxyl groups is 1. The highest BCUT2D eigenvalue weighted by Crippen LogP contribution is 2.44. The number of hydrogen-bond donors (Lipinski definition) is 2. The maximum Gasteiger partial charge on any atom is 0.300 e. The van der Waals surface area contributed by atoms with Gasteiger partial charge in [0, 0.05) is 5.56 Å². The number of amides is 1. The van der Waals surface area contributed by atoms with Crippen LogP contribution in [0.3, 0.4) is 0 Å². The van der Waals surface area contributed by atoms with Crippen molar-refractivity contribution in [2.75, 3.05) is 11.5 Å². The first-order chi connectivity index (χ1) is 16.9. The first kappa shape index (κ1) is 24.1. The van der Waals surface area contributed by atoms with Crippen molar-refractivity contribution in [2.24, 2.45) is 0 Å². The molecule has 3 aromatic carbocycles. The van der Waals surface area contributed by atoms with Gasteiger partial charge in [-0.3, -0.25) is 14.5 Å². The van der Waals surface area contributed by atoms with Crippen LogP contribution in [0.15, 0.2) is 78.4 Å². The van der Waals surface area contributed by atoms with Gasteiger partial charge in [-0.2, -0.15) is 0 Å². The molecule has 1 aliphatic rings. The number of phenols is 1. The standard InChI is InChI=1S/C29H29NO5/c1-3-4-7-17-35-22-15-13-20(14-16-22)27(32)25-26(21-10-8-9-19(2)18-21)30(29(34)28(25)33)23-11-5-6-12-24(23)31/h5-6,8-16,18,26,31-32H,3-4,7,17H2,1-2H3/b27-25-. The normalized spacial score (nSPS) is 17.1. The van der Waals surface area contributed by atoms with Crippen LogP contribution in [0.1, 0.15) is 48.9 Å². The largest absolute Gasteiger partial charge is 0.507 e. The molecule has 0 radical (unpaired) electrons. The lowest BCUT2D eigenvalue weighted by Gasteiger charge is -2.26. The Morgan fingerprint density at radius 3 is 2.40 bits per heavy atom. The number of Topliss-reactive ketones (excluding diaryl/α,β-unsaturated/α-hetero) is 1. The predicted octanol–water partition coefficient (Wildman–Crippen LogP) is 5.90. The van der Waals surface area contributed by atoms with Crippen LogP contribution in [0, 0.1) is 6.92 Å². The van der Waals surface area contributed by atoms with Crippen molar-refractivity contribution in [3.05, 3.63) is 95.1 Å². The Morgan fingerprint density at radius 2 is 1.71 bits per heavy atom. The number of hydrogen-bond acceptors (Lipinski definition) is 5. The van der Waals surface area contributed by atoms with E-state index in [4.69, 9.17) is 4.74 Å². The molecule has 0 aliphatic carbocycles. The molecule has 0 saturated carbocycles. The highest BCUT2D eigenvalue weighted by atomic mass is 16.5. The highest BCUT2D eigenvalue weighted by Gasteiger charge is 2.47. The topological polar surface area (TPSA) is 87.1 Å². The third-order valence-electron chi connectivity index (χ3n) is 6.09. The molecule has 1 atom stereocenters. The molecule has 6 nitrogen and oxygen atoms in total. The molecular weight excluding hydrogens is 442 g/mol. The number of carbonyl (C=O) groups is 2. The fraction of sp³-hybridized carbons (Fsp3) is 0.241. The molecule has 0 aromatic heterocycles. The number of aryl methyl sites for hydroxylation is 1. The Hall–Kier alpha value is -4.06. The molecule has 0 spiro atoms. The molecule has 35 heavy (non-hydrogen) atoms. The van der Waals surface area contributed by atoms with Crippen molar-refractivity contribution in [1.82, 2.24) is 0 Å². The summed E-state index contributed by atoms with van der Waals surface area (Å²) in [6.45, 7) is 4.65. The fourth-order valence-corrected chi connectivity index (χ4v) is 4.31. The van der Waals surface area contributed by atoms with E-state index in [1.807, 2.05) is 25.1 Å². The van der Waals surface area contributed by atoms with Crippen LogP contribution in [-0.4, -0.2) is 28.5 Å². The van der Waals surface area contributed by atoms with Crippen LogP contribution in [0.5, 0.6) is 11.5 Å². The maximum atomic E-state index is 13.2. The van der Waals surface area contributed by atoms with E-state index in [1.165, 1.54) is 11.0 Å². The third kappa shape index (κ3) is 4.92. The van der Waals surface area contributed by atoms with Gasteiger partial charge in [0.25, 0.3) is 11.7 Å². The molecule has 1 aliphatic heterocycles. The van der Waals surface area contributed by atoms with Gasteiger partial charge >= 0.3 is 0 Å². The second-order valence-electron chi connectivity index (χ2n) is 8.65. The number of ketones is 1. The van der Waals surface area contributed by atoms with Gasteiger partial charge in [-0.1, -0.05) is 61.7 Å². The second-order valence-corrected chi connectivity index (χ2v) is 8.65. The number of aliphatic hydroxyl groups excluding tert-OH is 1. The summed E-state index contributed by atoms with van der Waals surface area (Å²) in [5.74, 6) is -1.35. The summed E-state index contributed by atoms with van der Waals surface area (Å²) >= 11 is 0. The number of rotatable bonds is 8. The number of phenolic OH excluding ortho intramolecular Hbond substituents is 1. The quantitative estimate of drug-likeness (QED) is 0.185. The van der Waals surface area contributed by atoms with Gasteiger partial charge in [-0.15, -0.1) is 0 Å². The van der Waals surface area contributed by atoms with E-state index in [9.17, 15) is 19.8 Å². The summed E-state index contributed by atoms with van der Waals surface area (Å²) in [5, 5.41) is 21.7. The molecule has 1 heterocycles. The van der Waals surface area contributed by atoms with Gasteiger partial charge in [-0.25, -0.2) is 0 Å². The number of nitrogens with zero attached hydrogens (tertiary/aromatic N) is 1. The Kier molecular flexibility index (Phi) is 7.20. The Morgan fingerprint density at radius 1 is 0.971 bits per heavy atom. The predicted molar refractivity (Wildman–Crippen MR) is 136 cm³/mol. The molecule has 4 rings (SSSR count). The average Bonchev–Trinajstić information content (AvgIpc) is 3.12. The van der Waals surface area contributed by atoms with Crippen molar-refractivity contribution >= 4 is 23.1 Å². The van der Waals surface area contributed by atoms with Crippen LogP contribution in [0.4, 0.5) is 5.69 Å². The Balaban J connectivity index is 1.77. The van der Waals surface area contributed by atoms with E-state index in [0.29, 0.717) is 23.5 Å². The highest BCUT2D eigenvalue weighted by molar-refractivity contribution is 6.51. The van der Waals surface area contributed by atoms with Gasteiger partial charge in [0.15, 0.2) is 0 Å². The summed E-state index contributed by atoms with van der Waals surface area (Å²) in [4.78, 5) is 27.7. The fourth-order valence-electron chi connectivity index (χ4n) is 4.31. The molecular formula is C29H29NO5. The minimum atomic E-state index is -0.895. The van der Waals surface area contributed by atoms with Crippen molar-refractivity contribution < 1.29 is 24.5 Å². The number of carbonyl (C=O) groups excluding carboxylic acids is 2. The van der Waals surface area contributed by atoms with Crippen LogP contribution in [0.2, 0.25) is 0 Å². The van der Waals surface area contributed by atoms with E-state index in [-0.39, 0.29) is 22.8 Å². The minimum Gasteiger partial charge on any atom is -0.507 e. The number of anilines is 1. The molecule has 1 fully saturated rings. The van der Waals surface area contributed by atoms with E-state index in [1.54, 1.807) is 48.5 Å².